The normalized spacial score (nSPS) is 17.9. The van der Waals surface area contributed by atoms with E-state index in [-0.39, 0.29) is 24.4 Å². The molecule has 29 heavy (non-hydrogen) atoms. The molecule has 8 heteroatoms. The van der Waals surface area contributed by atoms with Crippen molar-refractivity contribution in [3.05, 3.63) is 41.5 Å². The highest BCUT2D eigenvalue weighted by atomic mass is 35.5. The molecule has 0 aliphatic carbocycles. The maximum absolute atomic E-state index is 12.9. The van der Waals surface area contributed by atoms with Crippen molar-refractivity contribution in [2.24, 2.45) is 0 Å². The van der Waals surface area contributed by atoms with Gasteiger partial charge in [0, 0.05) is 37.7 Å². The van der Waals surface area contributed by atoms with Crippen LogP contribution in [-0.4, -0.2) is 51.3 Å². The summed E-state index contributed by atoms with van der Waals surface area (Å²) in [6.45, 7) is 8.35. The molecule has 1 fully saturated rings. The number of hydrogen-bond acceptors (Lipinski definition) is 5. The number of aromatic nitrogens is 3. The molecule has 7 nitrogen and oxygen atoms in total. The summed E-state index contributed by atoms with van der Waals surface area (Å²) in [5.41, 5.74) is 0.723. The first-order valence-corrected chi connectivity index (χ1v) is 10.3. The van der Waals surface area contributed by atoms with Crippen molar-refractivity contribution in [2.45, 2.75) is 58.2 Å². The van der Waals surface area contributed by atoms with E-state index in [9.17, 15) is 4.79 Å². The second-order valence-corrected chi connectivity index (χ2v) is 7.73. The standard InChI is InChI=1S/C21H29N5O2.ClH/c1-3-15(2)28-18-6-4-17(5-7-18)21(27)25-11-8-16(9-12-25)20-24-23-19-14-22-10-13-26(19)20;/h4-7,15-16,22H,3,8-14H2,1-2H3;1H. The fraction of sp³-hybridized carbons (Fsp3) is 0.571. The van der Waals surface area contributed by atoms with Crippen molar-refractivity contribution < 1.29 is 9.53 Å². The third-order valence-corrected chi connectivity index (χ3v) is 5.81. The van der Waals surface area contributed by atoms with Gasteiger partial charge >= 0.3 is 0 Å². The van der Waals surface area contributed by atoms with E-state index in [2.05, 4.69) is 27.0 Å². The number of benzene rings is 1. The summed E-state index contributed by atoms with van der Waals surface area (Å²) in [6.07, 6.45) is 3.01. The zero-order valence-corrected chi connectivity index (χ0v) is 18.0. The van der Waals surface area contributed by atoms with E-state index in [4.69, 9.17) is 4.74 Å². The van der Waals surface area contributed by atoms with Crippen molar-refractivity contribution in [3.8, 4) is 5.75 Å². The molecule has 1 unspecified atom stereocenters. The van der Waals surface area contributed by atoms with Gasteiger partial charge in [-0.25, -0.2) is 0 Å². The van der Waals surface area contributed by atoms with Crippen molar-refractivity contribution in [3.63, 3.8) is 0 Å². The zero-order valence-electron chi connectivity index (χ0n) is 17.1. The summed E-state index contributed by atoms with van der Waals surface area (Å²) >= 11 is 0. The first kappa shape index (κ1) is 21.6. The Kier molecular flexibility index (Phi) is 7.14. The number of ether oxygens (including phenoxy) is 1. The summed E-state index contributed by atoms with van der Waals surface area (Å²) in [6, 6.07) is 7.52. The average Bonchev–Trinajstić information content (AvgIpc) is 3.18. The van der Waals surface area contributed by atoms with E-state index < -0.39 is 0 Å². The summed E-state index contributed by atoms with van der Waals surface area (Å²) in [5.74, 6) is 3.42. The first-order valence-electron chi connectivity index (χ1n) is 10.3. The molecule has 1 saturated heterocycles. The predicted molar refractivity (Wildman–Crippen MR) is 114 cm³/mol. The molecular weight excluding hydrogens is 390 g/mol. The van der Waals surface area contributed by atoms with Gasteiger partial charge in [0.1, 0.15) is 17.4 Å². The van der Waals surface area contributed by atoms with Gasteiger partial charge in [-0.3, -0.25) is 4.79 Å². The van der Waals surface area contributed by atoms with E-state index >= 15 is 0 Å². The fourth-order valence-electron chi connectivity index (χ4n) is 3.93. The van der Waals surface area contributed by atoms with Crippen LogP contribution in [0.15, 0.2) is 24.3 Å². The van der Waals surface area contributed by atoms with Gasteiger partial charge in [0.05, 0.1) is 12.6 Å². The molecule has 158 valence electrons. The van der Waals surface area contributed by atoms with Gasteiger partial charge < -0.3 is 19.5 Å². The molecule has 0 bridgehead atoms. The summed E-state index contributed by atoms with van der Waals surface area (Å²) in [4.78, 5) is 14.8. The van der Waals surface area contributed by atoms with Crippen molar-refractivity contribution in [2.75, 3.05) is 19.6 Å². The van der Waals surface area contributed by atoms with Crippen LogP contribution < -0.4 is 10.1 Å². The van der Waals surface area contributed by atoms with Crippen LogP contribution >= 0.6 is 12.4 Å². The minimum atomic E-state index is 0. The van der Waals surface area contributed by atoms with Crippen LogP contribution in [0.4, 0.5) is 0 Å². The topological polar surface area (TPSA) is 72.3 Å². The van der Waals surface area contributed by atoms with Crippen LogP contribution in [0.3, 0.4) is 0 Å². The number of rotatable bonds is 5. The number of nitrogens with zero attached hydrogens (tertiary/aromatic N) is 4. The number of carbonyl (C=O) groups is 1. The maximum Gasteiger partial charge on any atom is 0.253 e. The Morgan fingerprint density at radius 2 is 1.93 bits per heavy atom. The van der Waals surface area contributed by atoms with E-state index in [0.717, 1.165) is 74.9 Å². The van der Waals surface area contributed by atoms with Crippen molar-refractivity contribution in [1.29, 1.82) is 0 Å². The van der Waals surface area contributed by atoms with Crippen molar-refractivity contribution >= 4 is 18.3 Å². The molecule has 1 N–H and O–H groups in total. The molecular formula is C21H30ClN5O2. The van der Waals surface area contributed by atoms with Crippen LogP contribution in [-0.2, 0) is 13.1 Å². The molecule has 1 amide bonds. The molecule has 2 aromatic rings. The van der Waals surface area contributed by atoms with E-state index in [0.29, 0.717) is 5.92 Å². The monoisotopic (exact) mass is 419 g/mol. The van der Waals surface area contributed by atoms with Crippen LogP contribution in [0, 0.1) is 0 Å². The number of amides is 1. The SMILES string of the molecule is CCC(C)Oc1ccc(C(=O)N2CCC(c3nnc4n3CCNC4)CC2)cc1.Cl. The molecule has 0 radical (unpaired) electrons. The molecule has 0 spiro atoms. The van der Waals surface area contributed by atoms with Crippen LogP contribution in [0.2, 0.25) is 0 Å². The quantitative estimate of drug-likeness (QED) is 0.806. The lowest BCUT2D eigenvalue weighted by atomic mass is 9.95. The molecule has 2 aliphatic heterocycles. The highest BCUT2D eigenvalue weighted by Crippen LogP contribution is 2.28. The fourth-order valence-corrected chi connectivity index (χ4v) is 3.93. The van der Waals surface area contributed by atoms with Gasteiger partial charge in [-0.1, -0.05) is 6.92 Å². The summed E-state index contributed by atoms with van der Waals surface area (Å²) in [7, 11) is 0. The van der Waals surface area contributed by atoms with Gasteiger partial charge in [-0.05, 0) is 50.5 Å². The summed E-state index contributed by atoms with van der Waals surface area (Å²) in [5, 5.41) is 12.1. The molecule has 4 rings (SSSR count). The van der Waals surface area contributed by atoms with Gasteiger partial charge in [0.15, 0.2) is 0 Å². The smallest absolute Gasteiger partial charge is 0.253 e. The van der Waals surface area contributed by atoms with Gasteiger partial charge in [0.25, 0.3) is 5.91 Å². The van der Waals surface area contributed by atoms with Crippen LogP contribution in [0.1, 0.15) is 61.0 Å². The Morgan fingerprint density at radius 3 is 2.62 bits per heavy atom. The lowest BCUT2D eigenvalue weighted by Crippen LogP contribution is -2.38. The van der Waals surface area contributed by atoms with Gasteiger partial charge in [0.2, 0.25) is 0 Å². The number of fused-ring (bicyclic) bond motifs is 1. The minimum absolute atomic E-state index is 0. The Bertz CT molecular complexity index is 815. The molecule has 2 aliphatic rings. The summed E-state index contributed by atoms with van der Waals surface area (Å²) < 4.78 is 8.06. The molecule has 1 atom stereocenters. The number of carbonyl (C=O) groups excluding carboxylic acids is 1. The zero-order chi connectivity index (χ0) is 19.5. The number of halogens is 1. The Balaban J connectivity index is 0.00000240. The lowest BCUT2D eigenvalue weighted by Gasteiger charge is -2.32. The molecule has 0 saturated carbocycles. The first-order chi connectivity index (χ1) is 13.7. The largest absolute Gasteiger partial charge is 0.491 e. The van der Waals surface area contributed by atoms with E-state index in [1.165, 1.54) is 0 Å². The van der Waals surface area contributed by atoms with E-state index in [1.807, 2.05) is 36.1 Å². The van der Waals surface area contributed by atoms with Gasteiger partial charge in [-0.15, -0.1) is 22.6 Å². The Labute approximate surface area is 178 Å². The van der Waals surface area contributed by atoms with Gasteiger partial charge in [-0.2, -0.15) is 0 Å². The van der Waals surface area contributed by atoms with E-state index in [1.54, 1.807) is 0 Å². The number of likely N-dealkylation sites (tertiary alicyclic amines) is 1. The van der Waals surface area contributed by atoms with Crippen molar-refractivity contribution in [1.82, 2.24) is 25.0 Å². The second kappa shape index (κ2) is 9.59. The highest BCUT2D eigenvalue weighted by molar-refractivity contribution is 5.94. The number of hydrogen-bond donors (Lipinski definition) is 1. The predicted octanol–water partition coefficient (Wildman–Crippen LogP) is 3.00. The minimum Gasteiger partial charge on any atom is -0.491 e. The maximum atomic E-state index is 12.9. The number of nitrogens with one attached hydrogen (secondary N) is 1. The third-order valence-electron chi connectivity index (χ3n) is 5.81. The lowest BCUT2D eigenvalue weighted by molar-refractivity contribution is 0.0710. The Hall–Kier alpha value is -2.12. The molecule has 1 aromatic carbocycles. The third kappa shape index (κ3) is 4.73. The number of piperidine rings is 1. The second-order valence-electron chi connectivity index (χ2n) is 7.73. The highest BCUT2D eigenvalue weighted by Gasteiger charge is 2.29. The molecule has 3 heterocycles. The average molecular weight is 420 g/mol. The Morgan fingerprint density at radius 1 is 1.21 bits per heavy atom. The van der Waals surface area contributed by atoms with Crippen LogP contribution in [0.5, 0.6) is 5.75 Å². The molecule has 1 aromatic heterocycles. The van der Waals surface area contributed by atoms with Crippen LogP contribution in [0.25, 0.3) is 0 Å².